The predicted molar refractivity (Wildman–Crippen MR) is 67.5 cm³/mol. The number of aromatic amines is 1. The number of nitrogens with zero attached hydrogens (tertiary/aromatic N) is 1. The molecule has 7 heteroatoms. The third-order valence-corrected chi connectivity index (χ3v) is 3.32. The summed E-state index contributed by atoms with van der Waals surface area (Å²) in [6, 6.07) is -0.0855. The number of fused-ring (bicyclic) bond motifs is 1. The minimum Gasteiger partial charge on any atom is -0.379 e. The molecule has 98 valence electrons. The largest absolute Gasteiger partial charge is 0.379 e. The standard InChI is InChI=1S/C11H11BrF3N3/c1-4(2)17-10-8(13)6(11(14)15)7(12)5-3-16-18-9(5)10/h3-4,11,17H,1-2H3,(H,16,18). The lowest BCUT2D eigenvalue weighted by molar-refractivity contribution is 0.146. The Morgan fingerprint density at radius 3 is 2.61 bits per heavy atom. The van der Waals surface area contributed by atoms with Crippen molar-refractivity contribution in [2.75, 3.05) is 5.32 Å². The van der Waals surface area contributed by atoms with Gasteiger partial charge in [0.2, 0.25) is 0 Å². The Labute approximate surface area is 110 Å². The molecule has 0 unspecified atom stereocenters. The number of H-pyrrole nitrogens is 1. The predicted octanol–water partition coefficient (Wildman–Crippen LogP) is 4.22. The zero-order valence-corrected chi connectivity index (χ0v) is 11.3. The van der Waals surface area contributed by atoms with Crippen molar-refractivity contribution in [3.8, 4) is 0 Å². The van der Waals surface area contributed by atoms with E-state index in [0.717, 1.165) is 0 Å². The summed E-state index contributed by atoms with van der Waals surface area (Å²) in [5.74, 6) is -0.956. The Hall–Kier alpha value is -1.24. The first-order chi connectivity index (χ1) is 8.43. The molecule has 1 aromatic heterocycles. The highest BCUT2D eigenvalue weighted by atomic mass is 79.9. The van der Waals surface area contributed by atoms with E-state index in [9.17, 15) is 13.2 Å². The molecule has 0 bridgehead atoms. The fourth-order valence-electron chi connectivity index (χ4n) is 1.74. The molecule has 18 heavy (non-hydrogen) atoms. The van der Waals surface area contributed by atoms with Crippen molar-refractivity contribution in [3.63, 3.8) is 0 Å². The maximum atomic E-state index is 14.1. The van der Waals surface area contributed by atoms with Gasteiger partial charge in [-0.25, -0.2) is 13.2 Å². The highest BCUT2D eigenvalue weighted by Crippen LogP contribution is 2.40. The van der Waals surface area contributed by atoms with Crippen LogP contribution in [0.25, 0.3) is 10.9 Å². The van der Waals surface area contributed by atoms with Crippen molar-refractivity contribution in [1.82, 2.24) is 10.2 Å². The Balaban J connectivity index is 2.78. The SMILES string of the molecule is CC(C)Nc1c(F)c(C(F)F)c(Br)c2cn[nH]c12. The summed E-state index contributed by atoms with van der Waals surface area (Å²) < 4.78 is 40.0. The molecule has 0 aliphatic rings. The molecule has 0 fully saturated rings. The van der Waals surface area contributed by atoms with Crippen LogP contribution in [0, 0.1) is 5.82 Å². The van der Waals surface area contributed by atoms with Crippen LogP contribution in [0.15, 0.2) is 10.7 Å². The van der Waals surface area contributed by atoms with Crippen LogP contribution in [0.2, 0.25) is 0 Å². The lowest BCUT2D eigenvalue weighted by Gasteiger charge is -2.15. The van der Waals surface area contributed by atoms with Gasteiger partial charge in [0.1, 0.15) is 0 Å². The first-order valence-corrected chi connectivity index (χ1v) is 6.11. The minimum atomic E-state index is -2.90. The van der Waals surface area contributed by atoms with Crippen LogP contribution in [-0.4, -0.2) is 16.2 Å². The van der Waals surface area contributed by atoms with E-state index in [1.807, 2.05) is 0 Å². The first kappa shape index (κ1) is 13.2. The van der Waals surface area contributed by atoms with E-state index in [1.165, 1.54) is 6.20 Å². The van der Waals surface area contributed by atoms with Crippen LogP contribution in [0.3, 0.4) is 0 Å². The summed E-state index contributed by atoms with van der Waals surface area (Å²) >= 11 is 3.01. The molecule has 2 rings (SSSR count). The van der Waals surface area contributed by atoms with E-state index in [-0.39, 0.29) is 16.2 Å². The molecule has 1 heterocycles. The Morgan fingerprint density at radius 1 is 1.39 bits per heavy atom. The Kier molecular flexibility index (Phi) is 3.52. The number of hydrogen-bond donors (Lipinski definition) is 2. The van der Waals surface area contributed by atoms with Crippen molar-refractivity contribution in [2.45, 2.75) is 26.3 Å². The molecule has 0 radical (unpaired) electrons. The van der Waals surface area contributed by atoms with Gasteiger partial charge in [-0.2, -0.15) is 5.10 Å². The summed E-state index contributed by atoms with van der Waals surface area (Å²) in [7, 11) is 0. The molecule has 1 aromatic carbocycles. The molecule has 0 aliphatic carbocycles. The lowest BCUT2D eigenvalue weighted by Crippen LogP contribution is -2.13. The van der Waals surface area contributed by atoms with E-state index in [2.05, 4.69) is 31.4 Å². The van der Waals surface area contributed by atoms with Crippen molar-refractivity contribution in [3.05, 3.63) is 22.1 Å². The first-order valence-electron chi connectivity index (χ1n) is 5.32. The van der Waals surface area contributed by atoms with E-state index in [0.29, 0.717) is 10.9 Å². The van der Waals surface area contributed by atoms with Crippen LogP contribution in [0.5, 0.6) is 0 Å². The molecule has 2 aromatic rings. The van der Waals surface area contributed by atoms with Gasteiger partial charge in [-0.15, -0.1) is 0 Å². The van der Waals surface area contributed by atoms with Gasteiger partial charge in [-0.05, 0) is 29.8 Å². The van der Waals surface area contributed by atoms with Gasteiger partial charge in [0.25, 0.3) is 6.43 Å². The van der Waals surface area contributed by atoms with Crippen LogP contribution >= 0.6 is 15.9 Å². The molecule has 2 N–H and O–H groups in total. The van der Waals surface area contributed by atoms with Crippen molar-refractivity contribution in [2.24, 2.45) is 0 Å². The third kappa shape index (κ3) is 2.07. The summed E-state index contributed by atoms with van der Waals surface area (Å²) in [5.41, 5.74) is -0.250. The van der Waals surface area contributed by atoms with Crippen molar-refractivity contribution in [1.29, 1.82) is 0 Å². The zero-order chi connectivity index (χ0) is 13.4. The van der Waals surface area contributed by atoms with Gasteiger partial charge in [-0.3, -0.25) is 5.10 Å². The molecular weight excluding hydrogens is 311 g/mol. The molecule has 0 saturated carbocycles. The molecule has 0 spiro atoms. The lowest BCUT2D eigenvalue weighted by atomic mass is 10.1. The molecule has 3 nitrogen and oxygen atoms in total. The Bertz CT molecular complexity index is 580. The maximum absolute atomic E-state index is 14.1. The fourth-order valence-corrected chi connectivity index (χ4v) is 2.39. The third-order valence-electron chi connectivity index (χ3n) is 2.47. The van der Waals surface area contributed by atoms with E-state index >= 15 is 0 Å². The number of alkyl halides is 2. The highest BCUT2D eigenvalue weighted by molar-refractivity contribution is 9.10. The zero-order valence-electron chi connectivity index (χ0n) is 9.69. The quantitative estimate of drug-likeness (QED) is 0.888. The molecule has 0 saturated heterocycles. The number of nitrogens with one attached hydrogen (secondary N) is 2. The van der Waals surface area contributed by atoms with Crippen LogP contribution < -0.4 is 5.32 Å². The van der Waals surface area contributed by atoms with Gasteiger partial charge in [-0.1, -0.05) is 0 Å². The number of benzene rings is 1. The van der Waals surface area contributed by atoms with Crippen molar-refractivity contribution < 1.29 is 13.2 Å². The highest BCUT2D eigenvalue weighted by Gasteiger charge is 2.25. The topological polar surface area (TPSA) is 40.7 Å². The number of aromatic nitrogens is 2. The average molecular weight is 322 g/mol. The summed E-state index contributed by atoms with van der Waals surface area (Å²) in [5, 5.41) is 9.63. The molecule has 0 atom stereocenters. The van der Waals surface area contributed by atoms with Gasteiger partial charge < -0.3 is 5.32 Å². The average Bonchev–Trinajstić information content (AvgIpc) is 2.72. The smallest absolute Gasteiger partial charge is 0.267 e. The molecule has 0 aliphatic heterocycles. The minimum absolute atomic E-state index is 0.0241. The van der Waals surface area contributed by atoms with E-state index in [1.54, 1.807) is 13.8 Å². The van der Waals surface area contributed by atoms with Crippen LogP contribution in [-0.2, 0) is 0 Å². The van der Waals surface area contributed by atoms with E-state index < -0.39 is 17.8 Å². The second kappa shape index (κ2) is 4.79. The number of anilines is 1. The Morgan fingerprint density at radius 2 is 2.06 bits per heavy atom. The monoisotopic (exact) mass is 321 g/mol. The van der Waals surface area contributed by atoms with E-state index in [4.69, 9.17) is 0 Å². The number of rotatable bonds is 3. The van der Waals surface area contributed by atoms with Gasteiger partial charge in [0.15, 0.2) is 5.82 Å². The summed E-state index contributed by atoms with van der Waals surface area (Å²) in [6.45, 7) is 3.59. The van der Waals surface area contributed by atoms with Gasteiger partial charge in [0.05, 0.1) is 23.0 Å². The van der Waals surface area contributed by atoms with Crippen LogP contribution in [0.1, 0.15) is 25.8 Å². The normalized spacial score (nSPS) is 11.8. The number of hydrogen-bond acceptors (Lipinski definition) is 2. The second-order valence-corrected chi connectivity index (χ2v) is 4.97. The molecule has 0 amide bonds. The van der Waals surface area contributed by atoms with Crippen LogP contribution in [0.4, 0.5) is 18.9 Å². The molecular formula is C11H11BrF3N3. The fraction of sp³-hybridized carbons (Fsp3) is 0.364. The van der Waals surface area contributed by atoms with Gasteiger partial charge in [0, 0.05) is 15.9 Å². The number of halogens is 4. The second-order valence-electron chi connectivity index (χ2n) is 4.18. The summed E-state index contributed by atoms with van der Waals surface area (Å²) in [6.07, 6.45) is -1.51. The maximum Gasteiger partial charge on any atom is 0.267 e. The van der Waals surface area contributed by atoms with Gasteiger partial charge >= 0.3 is 0 Å². The van der Waals surface area contributed by atoms with Crippen molar-refractivity contribution >= 4 is 32.5 Å². The summed E-state index contributed by atoms with van der Waals surface area (Å²) in [4.78, 5) is 0.